The molecule has 27 heavy (non-hydrogen) atoms. The Bertz CT molecular complexity index is 965. The molecule has 15 heteroatoms. The van der Waals surface area contributed by atoms with Gasteiger partial charge in [-0.3, -0.25) is 0 Å². The van der Waals surface area contributed by atoms with E-state index >= 15 is 0 Å². The summed E-state index contributed by atoms with van der Waals surface area (Å²) < 4.78 is 115. The van der Waals surface area contributed by atoms with Gasteiger partial charge in [-0.1, -0.05) is 12.1 Å². The van der Waals surface area contributed by atoms with E-state index in [0.29, 0.717) is 12.1 Å². The van der Waals surface area contributed by atoms with E-state index in [4.69, 9.17) is 0 Å². The lowest BCUT2D eigenvalue weighted by Crippen LogP contribution is -2.29. The molecule has 0 spiro atoms. The molecule has 1 aromatic carbocycles. The van der Waals surface area contributed by atoms with E-state index in [-0.39, 0.29) is 10.7 Å². The molecular weight excluding hydrogens is 417 g/mol. The number of hydrogen-bond donors (Lipinski definition) is 0. The fraction of sp³-hybridized carbons (Fsp3) is 0.167. The molecule has 1 aromatic heterocycles. The number of rotatable bonds is 4. The summed E-state index contributed by atoms with van der Waals surface area (Å²) in [5.41, 5.74) is -9.54. The normalized spacial score (nSPS) is 12.7. The third-order valence-corrected chi connectivity index (χ3v) is 3.83. The average molecular weight is 422 g/mol. The van der Waals surface area contributed by atoms with Gasteiger partial charge in [-0.2, -0.15) is 44.5 Å². The zero-order valence-electron chi connectivity index (χ0n) is 12.4. The maximum atomic E-state index is 13.1. The highest BCUT2D eigenvalue weighted by molar-refractivity contribution is 7.87. The van der Waals surface area contributed by atoms with E-state index in [0.717, 1.165) is 12.1 Å². The summed E-state index contributed by atoms with van der Waals surface area (Å²) in [5.74, 6) is -3.36. The second kappa shape index (κ2) is 6.71. The van der Waals surface area contributed by atoms with Crippen LogP contribution in [0.4, 0.5) is 30.9 Å². The molecule has 0 aliphatic rings. The summed E-state index contributed by atoms with van der Waals surface area (Å²) >= 11 is 0. The Balaban J connectivity index is 2.71. The molecule has 0 unspecified atom stereocenters. The summed E-state index contributed by atoms with van der Waals surface area (Å²) in [6.45, 7) is 0. The van der Waals surface area contributed by atoms with Gasteiger partial charge in [0.2, 0.25) is 5.88 Å². The third kappa shape index (κ3) is 4.12. The number of benzene rings is 1. The van der Waals surface area contributed by atoms with E-state index in [1.807, 2.05) is 0 Å². The number of alkyl halides is 6. The van der Waals surface area contributed by atoms with Crippen LogP contribution in [0.1, 0.15) is 16.1 Å². The molecule has 0 saturated carbocycles. The van der Waals surface area contributed by atoms with Crippen LogP contribution in [0.25, 0.3) is 5.69 Å². The number of para-hydroxylation sites is 1. The average Bonchev–Trinajstić information content (AvgIpc) is 2.95. The molecule has 0 bridgehead atoms. The molecule has 0 aliphatic carbocycles. The zero-order valence-corrected chi connectivity index (χ0v) is 13.2. The molecule has 7 nitrogen and oxygen atoms in total. The van der Waals surface area contributed by atoms with Gasteiger partial charge in [0.05, 0.1) is 11.3 Å². The minimum absolute atomic E-state index is 0.0572. The van der Waals surface area contributed by atoms with E-state index in [1.165, 1.54) is 0 Å². The lowest BCUT2D eigenvalue weighted by molar-refractivity contribution is -0.137. The quantitative estimate of drug-likeness (QED) is 0.428. The molecule has 0 amide bonds. The second-order valence-electron chi connectivity index (χ2n) is 4.64. The molecule has 0 aliphatic heterocycles. The highest BCUT2D eigenvalue weighted by Gasteiger charge is 2.49. The van der Waals surface area contributed by atoms with Crippen molar-refractivity contribution in [2.75, 3.05) is 0 Å². The minimum Gasteiger partial charge on any atom is -0.355 e. The van der Waals surface area contributed by atoms with E-state index in [1.54, 1.807) is 0 Å². The van der Waals surface area contributed by atoms with Crippen molar-refractivity contribution in [2.24, 2.45) is 0 Å². The number of aromatic nitrogens is 2. The van der Waals surface area contributed by atoms with Crippen LogP contribution in [-0.4, -0.2) is 29.7 Å². The molecule has 1 heterocycles. The van der Waals surface area contributed by atoms with Gasteiger partial charge in [0, 0.05) is 10.6 Å². The Morgan fingerprint density at radius 1 is 1.07 bits per heavy atom. The van der Waals surface area contributed by atoms with Crippen molar-refractivity contribution in [3.05, 3.63) is 41.6 Å². The van der Waals surface area contributed by atoms with E-state index in [9.17, 15) is 44.1 Å². The maximum Gasteiger partial charge on any atom is 0.534 e. The highest BCUT2D eigenvalue weighted by atomic mass is 32.2. The number of carbonyl (C=O) groups is 1. The van der Waals surface area contributed by atoms with Crippen LogP contribution in [0, 0.1) is 0 Å². The highest BCUT2D eigenvalue weighted by Crippen LogP contribution is 2.36. The summed E-state index contributed by atoms with van der Waals surface area (Å²) in [5, 5.41) is 3.14. The van der Waals surface area contributed by atoms with Crippen LogP contribution >= 0.6 is 0 Å². The monoisotopic (exact) mass is 422 g/mol. The summed E-state index contributed by atoms with van der Waals surface area (Å²) in [7, 11) is -6.34. The Kier molecular flexibility index (Phi) is 5.09. The van der Waals surface area contributed by atoms with Gasteiger partial charge < -0.3 is 4.18 Å². The maximum absolute atomic E-state index is 13.1. The first-order valence-electron chi connectivity index (χ1n) is 6.38. The van der Waals surface area contributed by atoms with Crippen molar-refractivity contribution in [2.45, 2.75) is 11.7 Å². The first kappa shape index (κ1) is 20.5. The molecule has 0 saturated heterocycles. The summed E-state index contributed by atoms with van der Waals surface area (Å²) in [6.07, 6.45) is -5.04. The standard InChI is InChI=1S/C12H5F7N2O5S/c13-11(14,15)6-3-1-2-4-8(6)21-9(5-7(20-21)10(22)25-19)26-27(23,24)12(16,17)18/h1-5H. The van der Waals surface area contributed by atoms with Gasteiger partial charge in [0.15, 0.2) is 5.69 Å². The van der Waals surface area contributed by atoms with Crippen molar-refractivity contribution in [3.8, 4) is 11.6 Å². The molecule has 0 fully saturated rings. The fourth-order valence-corrected chi connectivity index (χ4v) is 2.23. The molecule has 0 atom stereocenters. The van der Waals surface area contributed by atoms with E-state index in [2.05, 4.69) is 14.2 Å². The molecule has 2 aromatic rings. The molecule has 0 radical (unpaired) electrons. The zero-order chi connectivity index (χ0) is 20.6. The number of halogens is 7. The minimum atomic E-state index is -6.34. The van der Waals surface area contributed by atoms with Gasteiger partial charge >= 0.3 is 27.8 Å². The van der Waals surface area contributed by atoms with Crippen LogP contribution < -0.4 is 4.18 Å². The lowest BCUT2D eigenvalue weighted by atomic mass is 10.1. The van der Waals surface area contributed by atoms with Gasteiger partial charge in [-0.05, 0) is 12.1 Å². The smallest absolute Gasteiger partial charge is 0.355 e. The SMILES string of the molecule is O=C(OF)c1cc(OS(=O)(=O)C(F)(F)F)n(-c2ccccc2C(F)(F)F)n1. The predicted molar refractivity (Wildman–Crippen MR) is 70.7 cm³/mol. The first-order chi connectivity index (χ1) is 12.3. The first-order valence-corrected chi connectivity index (χ1v) is 7.79. The van der Waals surface area contributed by atoms with Crippen molar-refractivity contribution < 1.29 is 53.2 Å². The van der Waals surface area contributed by atoms with Gasteiger partial charge in [-0.25, -0.2) is 9.74 Å². The summed E-state index contributed by atoms with van der Waals surface area (Å²) in [6, 6.07) is 3.32. The van der Waals surface area contributed by atoms with Crippen molar-refractivity contribution in [3.63, 3.8) is 0 Å². The number of nitrogens with zero attached hydrogens (tertiary/aromatic N) is 2. The van der Waals surface area contributed by atoms with Crippen LogP contribution in [0.3, 0.4) is 0 Å². The van der Waals surface area contributed by atoms with Crippen LogP contribution in [0.2, 0.25) is 0 Å². The van der Waals surface area contributed by atoms with Crippen molar-refractivity contribution in [1.82, 2.24) is 9.78 Å². The molecular formula is C12H5F7N2O5S. The third-order valence-electron chi connectivity index (χ3n) is 2.87. The molecule has 148 valence electrons. The second-order valence-corrected chi connectivity index (χ2v) is 6.18. The molecule has 2 rings (SSSR count). The Morgan fingerprint density at radius 3 is 2.19 bits per heavy atom. The van der Waals surface area contributed by atoms with Crippen LogP contribution in [-0.2, 0) is 21.2 Å². The summed E-state index contributed by atoms with van der Waals surface area (Å²) in [4.78, 5) is 13.9. The molecule has 0 N–H and O–H groups in total. The van der Waals surface area contributed by atoms with Gasteiger partial charge in [-0.15, -0.1) is 0 Å². The lowest BCUT2D eigenvalue weighted by Gasteiger charge is -2.15. The van der Waals surface area contributed by atoms with Crippen molar-refractivity contribution >= 4 is 16.1 Å². The number of carbonyl (C=O) groups excluding carboxylic acids is 1. The Labute approximate surface area is 144 Å². The Hall–Kier alpha value is -2.84. The van der Waals surface area contributed by atoms with E-state index < -0.39 is 50.6 Å². The van der Waals surface area contributed by atoms with Gasteiger partial charge in [0.25, 0.3) is 0 Å². The fourth-order valence-electron chi connectivity index (χ4n) is 1.79. The number of hydrogen-bond acceptors (Lipinski definition) is 6. The van der Waals surface area contributed by atoms with Crippen molar-refractivity contribution in [1.29, 1.82) is 0 Å². The Morgan fingerprint density at radius 2 is 1.67 bits per heavy atom. The van der Waals surface area contributed by atoms with Gasteiger partial charge in [0.1, 0.15) is 0 Å². The van der Waals surface area contributed by atoms with Crippen LogP contribution in [0.15, 0.2) is 30.3 Å². The largest absolute Gasteiger partial charge is 0.534 e. The predicted octanol–water partition coefficient (Wildman–Crippen LogP) is 3.16. The topological polar surface area (TPSA) is 87.5 Å². The van der Waals surface area contributed by atoms with Crippen LogP contribution in [0.5, 0.6) is 5.88 Å².